The van der Waals surface area contributed by atoms with Gasteiger partial charge in [0, 0.05) is 5.69 Å². The quantitative estimate of drug-likeness (QED) is 0.940. The fourth-order valence-electron chi connectivity index (χ4n) is 3.20. The molecule has 1 atom stereocenters. The molecule has 0 saturated carbocycles. The molecule has 0 spiro atoms. The Kier molecular flexibility index (Phi) is 3.92. The van der Waals surface area contributed by atoms with E-state index in [0.717, 1.165) is 36.1 Å². The molecule has 1 aromatic heterocycles. The zero-order valence-corrected chi connectivity index (χ0v) is 12.2. The number of carbonyl (C=O) groups is 1. The molecule has 0 saturated heterocycles. The van der Waals surface area contributed by atoms with E-state index < -0.39 is 5.97 Å². The number of nitrogens with zero attached hydrogens (tertiary/aromatic N) is 3. The summed E-state index contributed by atoms with van der Waals surface area (Å²) in [5.41, 5.74) is 3.77. The molecule has 0 aliphatic heterocycles. The van der Waals surface area contributed by atoms with Gasteiger partial charge in [0.15, 0.2) is 0 Å². The Labute approximate surface area is 128 Å². The van der Waals surface area contributed by atoms with Gasteiger partial charge in [0.05, 0.1) is 30.8 Å². The van der Waals surface area contributed by atoms with Crippen molar-refractivity contribution in [1.29, 1.82) is 5.26 Å². The molecule has 1 unspecified atom stereocenters. The van der Waals surface area contributed by atoms with E-state index in [1.54, 1.807) is 12.3 Å². The summed E-state index contributed by atoms with van der Waals surface area (Å²) in [4.78, 5) is 11.0. The highest BCUT2D eigenvalue weighted by molar-refractivity contribution is 5.68. The van der Waals surface area contributed by atoms with Crippen LogP contribution in [0.5, 0.6) is 0 Å². The summed E-state index contributed by atoms with van der Waals surface area (Å²) in [5, 5.41) is 22.7. The van der Waals surface area contributed by atoms with Gasteiger partial charge in [-0.3, -0.25) is 9.48 Å². The van der Waals surface area contributed by atoms with Crippen molar-refractivity contribution in [3.8, 4) is 6.07 Å². The van der Waals surface area contributed by atoms with Crippen LogP contribution in [0.25, 0.3) is 0 Å². The van der Waals surface area contributed by atoms with Crippen LogP contribution in [0.4, 0.5) is 0 Å². The highest BCUT2D eigenvalue weighted by atomic mass is 16.4. The Bertz CT molecular complexity index is 743. The lowest BCUT2D eigenvalue weighted by molar-refractivity contribution is -0.137. The van der Waals surface area contributed by atoms with E-state index >= 15 is 0 Å². The molecule has 112 valence electrons. The van der Waals surface area contributed by atoms with Crippen molar-refractivity contribution in [2.24, 2.45) is 0 Å². The maximum absolute atomic E-state index is 11.0. The van der Waals surface area contributed by atoms with Gasteiger partial charge < -0.3 is 5.11 Å². The van der Waals surface area contributed by atoms with Gasteiger partial charge in [0.2, 0.25) is 0 Å². The number of aromatic nitrogens is 2. The van der Waals surface area contributed by atoms with Gasteiger partial charge in [-0.2, -0.15) is 10.4 Å². The smallest absolute Gasteiger partial charge is 0.303 e. The van der Waals surface area contributed by atoms with E-state index in [4.69, 9.17) is 5.11 Å². The first-order valence-electron chi connectivity index (χ1n) is 7.43. The van der Waals surface area contributed by atoms with E-state index in [2.05, 4.69) is 11.2 Å². The van der Waals surface area contributed by atoms with Gasteiger partial charge in [-0.05, 0) is 42.4 Å². The number of nitriles is 1. The van der Waals surface area contributed by atoms with Crippen LogP contribution in [-0.2, 0) is 17.8 Å². The van der Waals surface area contributed by atoms with E-state index in [0.29, 0.717) is 12.1 Å². The first-order valence-corrected chi connectivity index (χ1v) is 7.43. The average Bonchev–Trinajstić information content (AvgIpc) is 2.92. The number of hydrogen-bond donors (Lipinski definition) is 1. The standard InChI is InChI=1S/C17H17N3O2/c18-9-13-4-1-2-5-14(13)11-20-16-7-3-6-12(8-17(21)22)15(16)10-19-20/h1-2,4-5,10,12H,3,6-8,11H2,(H,21,22). The number of benzene rings is 1. The van der Waals surface area contributed by atoms with Gasteiger partial charge in [0.25, 0.3) is 0 Å². The summed E-state index contributed by atoms with van der Waals surface area (Å²) < 4.78 is 1.92. The third kappa shape index (κ3) is 2.73. The second-order valence-corrected chi connectivity index (χ2v) is 5.66. The zero-order chi connectivity index (χ0) is 15.5. The molecule has 0 fully saturated rings. The molecule has 1 heterocycles. The number of rotatable bonds is 4. The van der Waals surface area contributed by atoms with Crippen molar-refractivity contribution in [2.75, 3.05) is 0 Å². The molecule has 1 aliphatic carbocycles. The molecule has 2 aromatic rings. The van der Waals surface area contributed by atoms with Crippen molar-refractivity contribution < 1.29 is 9.90 Å². The Morgan fingerprint density at radius 3 is 3.05 bits per heavy atom. The summed E-state index contributed by atoms with van der Waals surface area (Å²) in [7, 11) is 0. The topological polar surface area (TPSA) is 78.9 Å². The minimum atomic E-state index is -0.763. The molecule has 3 rings (SSSR count). The molecular formula is C17H17N3O2. The summed E-state index contributed by atoms with van der Waals surface area (Å²) in [6.07, 6.45) is 4.76. The van der Waals surface area contributed by atoms with Crippen LogP contribution < -0.4 is 0 Å². The molecule has 5 nitrogen and oxygen atoms in total. The molecular weight excluding hydrogens is 278 g/mol. The maximum Gasteiger partial charge on any atom is 0.303 e. The minimum Gasteiger partial charge on any atom is -0.481 e. The van der Waals surface area contributed by atoms with Gasteiger partial charge >= 0.3 is 5.97 Å². The SMILES string of the molecule is N#Cc1ccccc1Cn1ncc2c1CCCC2CC(=O)O. The lowest BCUT2D eigenvalue weighted by atomic mass is 9.85. The van der Waals surface area contributed by atoms with Crippen LogP contribution in [0.15, 0.2) is 30.5 Å². The van der Waals surface area contributed by atoms with Crippen LogP contribution in [0.1, 0.15) is 47.6 Å². The predicted octanol–water partition coefficient (Wildman–Crippen LogP) is 2.70. The second kappa shape index (κ2) is 6.02. The monoisotopic (exact) mass is 295 g/mol. The third-order valence-electron chi connectivity index (χ3n) is 4.27. The number of aliphatic carboxylic acids is 1. The fraction of sp³-hybridized carbons (Fsp3) is 0.353. The average molecular weight is 295 g/mol. The number of fused-ring (bicyclic) bond motifs is 1. The number of carboxylic acids is 1. The summed E-state index contributed by atoms with van der Waals surface area (Å²) in [6.45, 7) is 0.554. The summed E-state index contributed by atoms with van der Waals surface area (Å²) in [5.74, 6) is -0.707. The molecule has 1 aromatic carbocycles. The largest absolute Gasteiger partial charge is 0.481 e. The van der Waals surface area contributed by atoms with Gasteiger partial charge in [-0.1, -0.05) is 18.2 Å². The molecule has 22 heavy (non-hydrogen) atoms. The van der Waals surface area contributed by atoms with E-state index in [9.17, 15) is 10.1 Å². The van der Waals surface area contributed by atoms with E-state index in [1.807, 2.05) is 22.9 Å². The van der Waals surface area contributed by atoms with Crippen molar-refractivity contribution in [3.05, 3.63) is 52.8 Å². The van der Waals surface area contributed by atoms with Crippen LogP contribution >= 0.6 is 0 Å². The van der Waals surface area contributed by atoms with Crippen molar-refractivity contribution in [2.45, 2.75) is 38.1 Å². The molecule has 5 heteroatoms. The highest BCUT2D eigenvalue weighted by Crippen LogP contribution is 2.34. The molecule has 1 N–H and O–H groups in total. The van der Waals surface area contributed by atoms with E-state index in [1.165, 1.54) is 0 Å². The fourth-order valence-corrected chi connectivity index (χ4v) is 3.20. The first-order chi connectivity index (χ1) is 10.7. The molecule has 1 aliphatic rings. The number of hydrogen-bond acceptors (Lipinski definition) is 3. The first kappa shape index (κ1) is 14.3. The van der Waals surface area contributed by atoms with Crippen LogP contribution in [0.2, 0.25) is 0 Å². The van der Waals surface area contributed by atoms with Crippen molar-refractivity contribution in [3.63, 3.8) is 0 Å². The van der Waals surface area contributed by atoms with Crippen LogP contribution in [-0.4, -0.2) is 20.9 Å². The lowest BCUT2D eigenvalue weighted by Gasteiger charge is -2.22. The lowest BCUT2D eigenvalue weighted by Crippen LogP contribution is -2.16. The van der Waals surface area contributed by atoms with Crippen LogP contribution in [0.3, 0.4) is 0 Å². The van der Waals surface area contributed by atoms with Crippen molar-refractivity contribution >= 4 is 5.97 Å². The van der Waals surface area contributed by atoms with Gasteiger partial charge in [0.1, 0.15) is 0 Å². The Morgan fingerprint density at radius 2 is 2.27 bits per heavy atom. The number of carboxylic acid groups (broad SMARTS) is 1. The summed E-state index contributed by atoms with van der Waals surface area (Å²) >= 11 is 0. The molecule has 0 amide bonds. The van der Waals surface area contributed by atoms with Crippen LogP contribution in [0, 0.1) is 11.3 Å². The van der Waals surface area contributed by atoms with E-state index in [-0.39, 0.29) is 12.3 Å². The third-order valence-corrected chi connectivity index (χ3v) is 4.27. The second-order valence-electron chi connectivity index (χ2n) is 5.66. The van der Waals surface area contributed by atoms with Gasteiger partial charge in [-0.15, -0.1) is 0 Å². The summed E-state index contributed by atoms with van der Waals surface area (Å²) in [6, 6.07) is 9.71. The Hall–Kier alpha value is -2.61. The molecule has 0 radical (unpaired) electrons. The Balaban J connectivity index is 1.89. The molecule has 0 bridgehead atoms. The predicted molar refractivity (Wildman–Crippen MR) is 80.4 cm³/mol. The maximum atomic E-state index is 11.0. The zero-order valence-electron chi connectivity index (χ0n) is 12.2. The Morgan fingerprint density at radius 1 is 1.45 bits per heavy atom. The highest BCUT2D eigenvalue weighted by Gasteiger charge is 2.26. The van der Waals surface area contributed by atoms with Crippen molar-refractivity contribution in [1.82, 2.24) is 9.78 Å². The minimum absolute atomic E-state index is 0.0567. The van der Waals surface area contributed by atoms with Gasteiger partial charge in [-0.25, -0.2) is 0 Å². The normalized spacial score (nSPS) is 16.8.